The van der Waals surface area contributed by atoms with Gasteiger partial charge in [0.25, 0.3) is 0 Å². The number of carbonyl (C=O) groups excluding carboxylic acids is 1. The van der Waals surface area contributed by atoms with Crippen LogP contribution in [0.4, 0.5) is 5.69 Å². The third-order valence-corrected chi connectivity index (χ3v) is 5.76. The maximum absolute atomic E-state index is 12.9. The first kappa shape index (κ1) is 17.1. The van der Waals surface area contributed by atoms with E-state index in [9.17, 15) is 15.3 Å². The standard InChI is InChI=1S/C21H16N4OS/c22-10-13-4-1-2-5-16(13)25-17-6-3-7-18(26)20(17)19(14-8-9-27-12-14)15(11-23)21(25)24/h1-2,4-5,8-9,12,19H,3,6-7,24H2/t19-/m0/s1. The van der Waals surface area contributed by atoms with Crippen LogP contribution in [-0.2, 0) is 4.79 Å². The predicted molar refractivity (Wildman–Crippen MR) is 103 cm³/mol. The van der Waals surface area contributed by atoms with Gasteiger partial charge in [-0.15, -0.1) is 0 Å². The van der Waals surface area contributed by atoms with E-state index in [1.54, 1.807) is 23.1 Å². The fourth-order valence-electron chi connectivity index (χ4n) is 3.90. The van der Waals surface area contributed by atoms with Gasteiger partial charge in [0.2, 0.25) is 0 Å². The molecule has 0 unspecified atom stereocenters. The van der Waals surface area contributed by atoms with E-state index in [2.05, 4.69) is 12.1 Å². The zero-order valence-corrected chi connectivity index (χ0v) is 15.3. The second-order valence-electron chi connectivity index (χ2n) is 6.50. The van der Waals surface area contributed by atoms with Crippen molar-refractivity contribution in [3.05, 3.63) is 74.9 Å². The minimum atomic E-state index is -0.436. The molecule has 0 amide bonds. The van der Waals surface area contributed by atoms with Gasteiger partial charge in [-0.2, -0.15) is 21.9 Å². The van der Waals surface area contributed by atoms with Crippen LogP contribution in [0.2, 0.25) is 0 Å². The van der Waals surface area contributed by atoms with Gasteiger partial charge < -0.3 is 5.73 Å². The normalized spacial score (nSPS) is 19.6. The molecule has 5 nitrogen and oxygen atoms in total. The monoisotopic (exact) mass is 372 g/mol. The van der Waals surface area contributed by atoms with Crippen molar-refractivity contribution in [1.29, 1.82) is 10.5 Å². The van der Waals surface area contributed by atoms with Gasteiger partial charge in [-0.1, -0.05) is 12.1 Å². The quantitative estimate of drug-likeness (QED) is 0.862. The molecule has 0 spiro atoms. The van der Waals surface area contributed by atoms with Crippen molar-refractivity contribution in [2.45, 2.75) is 25.2 Å². The lowest BCUT2D eigenvalue weighted by Gasteiger charge is -2.39. The number of Topliss-reactive ketones (excluding diaryl/α,β-unsaturated/α-hetero) is 1. The van der Waals surface area contributed by atoms with E-state index in [4.69, 9.17) is 5.73 Å². The molecule has 2 aliphatic rings. The summed E-state index contributed by atoms with van der Waals surface area (Å²) in [5.41, 5.74) is 10.2. The molecule has 0 radical (unpaired) electrons. The summed E-state index contributed by atoms with van der Waals surface area (Å²) in [5.74, 6) is -0.0912. The number of allylic oxidation sites excluding steroid dienone is 3. The molecule has 1 aromatic heterocycles. The van der Waals surface area contributed by atoms with Crippen LogP contribution in [0, 0.1) is 22.7 Å². The van der Waals surface area contributed by atoms with Gasteiger partial charge in [0.05, 0.1) is 28.8 Å². The summed E-state index contributed by atoms with van der Waals surface area (Å²) in [6.45, 7) is 0. The lowest BCUT2D eigenvalue weighted by Crippen LogP contribution is -2.39. The molecule has 1 aromatic carbocycles. The Morgan fingerprint density at radius 1 is 1.15 bits per heavy atom. The number of para-hydroxylation sites is 1. The Labute approximate surface area is 161 Å². The molecular weight excluding hydrogens is 356 g/mol. The molecule has 2 heterocycles. The second kappa shape index (κ2) is 6.75. The van der Waals surface area contributed by atoms with Crippen molar-refractivity contribution in [3.63, 3.8) is 0 Å². The van der Waals surface area contributed by atoms with Crippen LogP contribution in [0.1, 0.15) is 36.3 Å². The first-order valence-corrected chi connectivity index (χ1v) is 9.59. The van der Waals surface area contributed by atoms with Gasteiger partial charge in [0.15, 0.2) is 5.78 Å². The number of hydrogen-bond donors (Lipinski definition) is 1. The van der Waals surface area contributed by atoms with Crippen molar-refractivity contribution in [2.75, 3.05) is 4.90 Å². The lowest BCUT2D eigenvalue weighted by molar-refractivity contribution is -0.116. The van der Waals surface area contributed by atoms with Crippen LogP contribution >= 0.6 is 11.3 Å². The highest BCUT2D eigenvalue weighted by Crippen LogP contribution is 2.46. The minimum absolute atomic E-state index is 0.0483. The smallest absolute Gasteiger partial charge is 0.161 e. The second-order valence-corrected chi connectivity index (χ2v) is 7.28. The van der Waals surface area contributed by atoms with Gasteiger partial charge in [0, 0.05) is 17.7 Å². The highest BCUT2D eigenvalue weighted by atomic mass is 32.1. The Hall–Kier alpha value is -3.35. The highest BCUT2D eigenvalue weighted by Gasteiger charge is 2.40. The SMILES string of the molecule is N#CC1=C(N)N(c2ccccc2C#N)C2=C(C(=O)CCC2)[C@H]1c1ccsc1. The molecule has 1 aliphatic heterocycles. The first-order chi connectivity index (χ1) is 13.2. The molecule has 2 aromatic rings. The van der Waals surface area contributed by atoms with E-state index < -0.39 is 5.92 Å². The van der Waals surface area contributed by atoms with E-state index in [1.807, 2.05) is 22.9 Å². The lowest BCUT2D eigenvalue weighted by atomic mass is 9.76. The molecular formula is C21H16N4OS. The molecule has 6 heteroatoms. The number of nitriles is 2. The molecule has 0 fully saturated rings. The van der Waals surface area contributed by atoms with Gasteiger partial charge in [-0.3, -0.25) is 9.69 Å². The van der Waals surface area contributed by atoms with Gasteiger partial charge in [-0.05, 0) is 47.4 Å². The van der Waals surface area contributed by atoms with Crippen LogP contribution in [0.5, 0.6) is 0 Å². The molecule has 4 rings (SSSR count). The number of thiophene rings is 1. The van der Waals surface area contributed by atoms with E-state index in [0.29, 0.717) is 41.1 Å². The summed E-state index contributed by atoms with van der Waals surface area (Å²) >= 11 is 1.53. The summed E-state index contributed by atoms with van der Waals surface area (Å²) in [6.07, 6.45) is 1.88. The average Bonchev–Trinajstić information content (AvgIpc) is 3.22. The van der Waals surface area contributed by atoms with E-state index in [-0.39, 0.29) is 5.78 Å². The van der Waals surface area contributed by atoms with E-state index in [1.165, 1.54) is 11.3 Å². The summed E-state index contributed by atoms with van der Waals surface area (Å²) in [5, 5.41) is 23.3. The number of ketones is 1. The maximum atomic E-state index is 12.9. The molecule has 0 saturated heterocycles. The number of rotatable bonds is 2. The third kappa shape index (κ3) is 2.63. The maximum Gasteiger partial charge on any atom is 0.161 e. The van der Waals surface area contributed by atoms with Crippen LogP contribution < -0.4 is 10.6 Å². The van der Waals surface area contributed by atoms with Crippen molar-refractivity contribution in [3.8, 4) is 12.1 Å². The molecule has 0 saturated carbocycles. The molecule has 1 aliphatic carbocycles. The van der Waals surface area contributed by atoms with Crippen molar-refractivity contribution < 1.29 is 4.79 Å². The third-order valence-electron chi connectivity index (χ3n) is 5.06. The summed E-state index contributed by atoms with van der Waals surface area (Å²) < 4.78 is 0. The van der Waals surface area contributed by atoms with Crippen LogP contribution in [0.15, 0.2) is 63.8 Å². The Balaban J connectivity index is 2.01. The zero-order chi connectivity index (χ0) is 19.0. The Morgan fingerprint density at radius 3 is 2.67 bits per heavy atom. The molecule has 132 valence electrons. The van der Waals surface area contributed by atoms with Gasteiger partial charge in [0.1, 0.15) is 11.9 Å². The number of carbonyl (C=O) groups is 1. The zero-order valence-electron chi connectivity index (χ0n) is 14.5. The topological polar surface area (TPSA) is 93.9 Å². The molecule has 2 N–H and O–H groups in total. The van der Waals surface area contributed by atoms with Crippen molar-refractivity contribution in [2.24, 2.45) is 5.73 Å². The largest absolute Gasteiger partial charge is 0.384 e. The van der Waals surface area contributed by atoms with Crippen LogP contribution in [0.3, 0.4) is 0 Å². The van der Waals surface area contributed by atoms with Gasteiger partial charge in [-0.25, -0.2) is 0 Å². The number of hydrogen-bond acceptors (Lipinski definition) is 6. The first-order valence-electron chi connectivity index (χ1n) is 8.64. The number of nitrogens with zero attached hydrogens (tertiary/aromatic N) is 3. The summed E-state index contributed by atoms with van der Waals surface area (Å²) in [7, 11) is 0. The molecule has 0 bridgehead atoms. The number of benzene rings is 1. The van der Waals surface area contributed by atoms with Crippen LogP contribution in [0.25, 0.3) is 0 Å². The Bertz CT molecular complexity index is 1070. The van der Waals surface area contributed by atoms with Gasteiger partial charge >= 0.3 is 0 Å². The predicted octanol–water partition coefficient (Wildman–Crippen LogP) is 3.92. The van der Waals surface area contributed by atoms with E-state index in [0.717, 1.165) is 17.7 Å². The Morgan fingerprint density at radius 2 is 1.96 bits per heavy atom. The average molecular weight is 372 g/mol. The van der Waals surface area contributed by atoms with Crippen molar-refractivity contribution in [1.82, 2.24) is 0 Å². The summed E-state index contributed by atoms with van der Waals surface area (Å²) in [4.78, 5) is 14.7. The fourth-order valence-corrected chi connectivity index (χ4v) is 4.58. The minimum Gasteiger partial charge on any atom is -0.384 e. The van der Waals surface area contributed by atoms with E-state index >= 15 is 0 Å². The number of nitrogens with two attached hydrogens (primary N) is 1. The molecule has 27 heavy (non-hydrogen) atoms. The highest BCUT2D eigenvalue weighted by molar-refractivity contribution is 7.08. The fraction of sp³-hybridized carbons (Fsp3) is 0.190. The van der Waals surface area contributed by atoms with Crippen molar-refractivity contribution >= 4 is 22.8 Å². The Kier molecular flexibility index (Phi) is 4.27. The van der Waals surface area contributed by atoms with Crippen LogP contribution in [-0.4, -0.2) is 5.78 Å². The summed E-state index contributed by atoms with van der Waals surface area (Å²) in [6, 6.07) is 13.5. The molecule has 1 atom stereocenters. The number of anilines is 1.